The van der Waals surface area contributed by atoms with Crippen LogP contribution in [0, 0.1) is 12.8 Å². The van der Waals surface area contributed by atoms with Crippen molar-refractivity contribution in [1.29, 1.82) is 0 Å². The maximum atomic E-state index is 13.1. The molecule has 2 aromatic carbocycles. The third-order valence-electron chi connectivity index (χ3n) is 5.79. The highest BCUT2D eigenvalue weighted by Gasteiger charge is 2.26. The van der Waals surface area contributed by atoms with Crippen LogP contribution in [0.2, 0.25) is 0 Å². The molecular weight excluding hydrogens is 364 g/mol. The maximum Gasteiger partial charge on any atom is 0.253 e. The molecule has 2 aliphatic heterocycles. The van der Waals surface area contributed by atoms with Gasteiger partial charge in [-0.25, -0.2) is 0 Å². The van der Waals surface area contributed by atoms with Gasteiger partial charge in [-0.1, -0.05) is 23.8 Å². The summed E-state index contributed by atoms with van der Waals surface area (Å²) in [5, 5.41) is 0. The molecule has 2 heterocycles. The Morgan fingerprint density at radius 2 is 1.93 bits per heavy atom. The third kappa shape index (κ3) is 4.61. The molecule has 0 aromatic heterocycles. The number of carbonyl (C=O) groups excluding carboxylic acids is 2. The Balaban J connectivity index is 1.38. The van der Waals surface area contributed by atoms with Crippen LogP contribution in [0.3, 0.4) is 0 Å². The van der Waals surface area contributed by atoms with E-state index < -0.39 is 0 Å². The number of ether oxygens (including phenoxy) is 1. The molecule has 2 fully saturated rings. The lowest BCUT2D eigenvalue weighted by atomic mass is 9.98. The van der Waals surface area contributed by atoms with Crippen molar-refractivity contribution in [1.82, 2.24) is 4.90 Å². The van der Waals surface area contributed by atoms with Crippen LogP contribution < -0.4 is 9.64 Å². The van der Waals surface area contributed by atoms with E-state index in [1.54, 1.807) is 4.90 Å². The molecule has 5 nitrogen and oxygen atoms in total. The summed E-state index contributed by atoms with van der Waals surface area (Å²) >= 11 is 0. The fourth-order valence-electron chi connectivity index (χ4n) is 4.14. The number of carbonyl (C=O) groups is 2. The Morgan fingerprint density at radius 1 is 1.10 bits per heavy atom. The molecule has 0 bridgehead atoms. The predicted molar refractivity (Wildman–Crippen MR) is 113 cm³/mol. The van der Waals surface area contributed by atoms with Gasteiger partial charge in [0, 0.05) is 43.2 Å². The molecule has 2 aromatic rings. The second-order valence-corrected chi connectivity index (χ2v) is 8.08. The number of rotatable bonds is 5. The molecule has 2 aliphatic rings. The molecule has 0 saturated carbocycles. The van der Waals surface area contributed by atoms with Crippen molar-refractivity contribution in [2.75, 3.05) is 31.1 Å². The maximum absolute atomic E-state index is 13.1. The van der Waals surface area contributed by atoms with E-state index in [1.165, 1.54) is 5.56 Å². The average molecular weight is 392 g/mol. The van der Waals surface area contributed by atoms with Crippen LogP contribution in [0.4, 0.5) is 5.69 Å². The van der Waals surface area contributed by atoms with Crippen molar-refractivity contribution in [3.05, 3.63) is 59.7 Å². The molecule has 0 radical (unpaired) electrons. The lowest BCUT2D eigenvalue weighted by molar-refractivity contribution is -0.117. The Kier molecular flexibility index (Phi) is 5.84. The molecule has 4 rings (SSSR count). The first-order valence-corrected chi connectivity index (χ1v) is 10.5. The highest BCUT2D eigenvalue weighted by molar-refractivity contribution is 5.99. The standard InChI is InChI=1S/C24H28N2O3/c1-18-9-11-22(12-10-18)29-17-19-5-3-13-25(16-19)24(28)20-6-2-7-21(15-20)26-14-4-8-23(26)27/h2,6-7,9-12,15,19H,3-5,8,13-14,16-17H2,1H3/t19-/m0/s1. The molecule has 0 N–H and O–H groups in total. The van der Waals surface area contributed by atoms with E-state index in [0.29, 0.717) is 31.1 Å². The van der Waals surface area contributed by atoms with Crippen molar-refractivity contribution < 1.29 is 14.3 Å². The summed E-state index contributed by atoms with van der Waals surface area (Å²) in [6.07, 6.45) is 3.52. The number of hydrogen-bond donors (Lipinski definition) is 0. The Morgan fingerprint density at radius 3 is 2.69 bits per heavy atom. The molecule has 5 heteroatoms. The topological polar surface area (TPSA) is 49.9 Å². The second kappa shape index (κ2) is 8.68. The zero-order valence-corrected chi connectivity index (χ0v) is 17.0. The van der Waals surface area contributed by atoms with Crippen LogP contribution in [0.5, 0.6) is 5.75 Å². The molecule has 29 heavy (non-hydrogen) atoms. The van der Waals surface area contributed by atoms with E-state index in [1.807, 2.05) is 53.4 Å². The number of anilines is 1. The fourth-order valence-corrected chi connectivity index (χ4v) is 4.14. The van der Waals surface area contributed by atoms with Gasteiger partial charge in [0.05, 0.1) is 6.61 Å². The van der Waals surface area contributed by atoms with Crippen LogP contribution in [0.15, 0.2) is 48.5 Å². The number of hydrogen-bond acceptors (Lipinski definition) is 3. The number of piperidine rings is 1. The number of likely N-dealkylation sites (tertiary alicyclic amines) is 1. The summed E-state index contributed by atoms with van der Waals surface area (Å²) in [6.45, 7) is 4.89. The summed E-state index contributed by atoms with van der Waals surface area (Å²) in [5.74, 6) is 1.39. The van der Waals surface area contributed by atoms with E-state index in [2.05, 4.69) is 6.92 Å². The van der Waals surface area contributed by atoms with Gasteiger partial charge in [-0.05, 0) is 56.5 Å². The highest BCUT2D eigenvalue weighted by Crippen LogP contribution is 2.25. The van der Waals surface area contributed by atoms with Gasteiger partial charge in [-0.2, -0.15) is 0 Å². The normalized spacial score (nSPS) is 19.5. The van der Waals surface area contributed by atoms with Gasteiger partial charge >= 0.3 is 0 Å². The van der Waals surface area contributed by atoms with E-state index in [-0.39, 0.29) is 11.8 Å². The van der Waals surface area contributed by atoms with Crippen molar-refractivity contribution >= 4 is 17.5 Å². The molecule has 2 saturated heterocycles. The van der Waals surface area contributed by atoms with Crippen molar-refractivity contribution in [2.24, 2.45) is 5.92 Å². The first-order chi connectivity index (χ1) is 14.1. The zero-order chi connectivity index (χ0) is 20.2. The summed E-state index contributed by atoms with van der Waals surface area (Å²) < 4.78 is 5.95. The third-order valence-corrected chi connectivity index (χ3v) is 5.79. The second-order valence-electron chi connectivity index (χ2n) is 8.08. The predicted octanol–water partition coefficient (Wildman–Crippen LogP) is 4.05. The van der Waals surface area contributed by atoms with Gasteiger partial charge in [-0.3, -0.25) is 9.59 Å². The monoisotopic (exact) mass is 392 g/mol. The van der Waals surface area contributed by atoms with Crippen LogP contribution in [-0.4, -0.2) is 43.0 Å². The van der Waals surface area contributed by atoms with Crippen molar-refractivity contribution in [2.45, 2.75) is 32.6 Å². The summed E-state index contributed by atoms with van der Waals surface area (Å²) in [7, 11) is 0. The molecule has 0 unspecified atom stereocenters. The van der Waals surface area contributed by atoms with Gasteiger partial charge in [0.1, 0.15) is 5.75 Å². The molecule has 2 amide bonds. The highest BCUT2D eigenvalue weighted by atomic mass is 16.5. The first kappa shape index (κ1) is 19.5. The lowest BCUT2D eigenvalue weighted by Crippen LogP contribution is -2.41. The smallest absolute Gasteiger partial charge is 0.253 e. The Hall–Kier alpha value is -2.82. The van der Waals surface area contributed by atoms with E-state index in [0.717, 1.165) is 43.8 Å². The van der Waals surface area contributed by atoms with Gasteiger partial charge in [0.25, 0.3) is 5.91 Å². The molecule has 1 atom stereocenters. The van der Waals surface area contributed by atoms with Gasteiger partial charge < -0.3 is 14.5 Å². The number of nitrogens with zero attached hydrogens (tertiary/aromatic N) is 2. The van der Waals surface area contributed by atoms with E-state index in [9.17, 15) is 9.59 Å². The van der Waals surface area contributed by atoms with Gasteiger partial charge in [0.15, 0.2) is 0 Å². The molecule has 152 valence electrons. The van der Waals surface area contributed by atoms with E-state index in [4.69, 9.17) is 4.74 Å². The molecule has 0 spiro atoms. The number of aryl methyl sites for hydroxylation is 1. The summed E-state index contributed by atoms with van der Waals surface area (Å²) in [5.41, 5.74) is 2.70. The van der Waals surface area contributed by atoms with Crippen molar-refractivity contribution in [3.8, 4) is 5.75 Å². The fraction of sp³-hybridized carbons (Fsp3) is 0.417. The lowest BCUT2D eigenvalue weighted by Gasteiger charge is -2.33. The van der Waals surface area contributed by atoms with Crippen LogP contribution in [0.25, 0.3) is 0 Å². The van der Waals surface area contributed by atoms with Crippen LogP contribution in [0.1, 0.15) is 41.6 Å². The largest absolute Gasteiger partial charge is 0.493 e. The zero-order valence-electron chi connectivity index (χ0n) is 17.0. The average Bonchev–Trinajstić information content (AvgIpc) is 3.19. The summed E-state index contributed by atoms with van der Waals surface area (Å²) in [6, 6.07) is 15.6. The van der Waals surface area contributed by atoms with Gasteiger partial charge in [-0.15, -0.1) is 0 Å². The number of amides is 2. The number of benzene rings is 2. The summed E-state index contributed by atoms with van der Waals surface area (Å²) in [4.78, 5) is 28.8. The SMILES string of the molecule is Cc1ccc(OC[C@H]2CCCN(C(=O)c3cccc(N4CCCC4=O)c3)C2)cc1. The minimum atomic E-state index is 0.0403. The molecule has 0 aliphatic carbocycles. The van der Waals surface area contributed by atoms with Gasteiger partial charge in [0.2, 0.25) is 5.91 Å². The molecular formula is C24H28N2O3. The Bertz CT molecular complexity index is 878. The minimum Gasteiger partial charge on any atom is -0.493 e. The minimum absolute atomic E-state index is 0.0403. The van der Waals surface area contributed by atoms with Crippen LogP contribution >= 0.6 is 0 Å². The van der Waals surface area contributed by atoms with E-state index >= 15 is 0 Å². The van der Waals surface area contributed by atoms with Crippen molar-refractivity contribution in [3.63, 3.8) is 0 Å². The van der Waals surface area contributed by atoms with Crippen LogP contribution in [-0.2, 0) is 4.79 Å². The first-order valence-electron chi connectivity index (χ1n) is 10.5. The Labute approximate surface area is 172 Å². The quantitative estimate of drug-likeness (QED) is 0.771.